The Morgan fingerprint density at radius 2 is 2.17 bits per heavy atom. The van der Waals surface area contributed by atoms with Gasteiger partial charge in [0.05, 0.1) is 5.56 Å². The molecular formula is C17H18BrNO3S. The van der Waals surface area contributed by atoms with Crippen molar-refractivity contribution in [3.63, 3.8) is 0 Å². The van der Waals surface area contributed by atoms with Gasteiger partial charge in [-0.05, 0) is 40.1 Å². The summed E-state index contributed by atoms with van der Waals surface area (Å²) in [6.07, 6.45) is 0. The molecule has 1 aromatic heterocycles. The second-order valence-corrected chi connectivity index (χ2v) is 7.55. The Balaban J connectivity index is 1.73. The van der Waals surface area contributed by atoms with Crippen molar-refractivity contribution in [1.29, 1.82) is 0 Å². The number of thiophene rings is 1. The summed E-state index contributed by atoms with van der Waals surface area (Å²) in [4.78, 5) is 13.3. The van der Waals surface area contributed by atoms with Crippen LogP contribution in [0.1, 0.15) is 27.4 Å². The maximum absolute atomic E-state index is 11.0. The molecule has 2 heterocycles. The standard InChI is InChI=1S/C17H18BrNO3S/c18-16-5-11(17(21)22)1-2-12(16)6-19-7-14(9-20)15(8-19)13-3-4-23-10-13/h1-5,10,14-15,20H,6-9H2,(H,21,22)/t14-,15-/m0/s1. The highest BCUT2D eigenvalue weighted by Crippen LogP contribution is 2.35. The summed E-state index contributed by atoms with van der Waals surface area (Å²) < 4.78 is 0.817. The molecule has 6 heteroatoms. The lowest BCUT2D eigenvalue weighted by molar-refractivity contribution is 0.0696. The summed E-state index contributed by atoms with van der Waals surface area (Å²) in [6.45, 7) is 2.70. The van der Waals surface area contributed by atoms with Crippen molar-refractivity contribution >= 4 is 33.2 Å². The normalized spacial score (nSPS) is 21.7. The van der Waals surface area contributed by atoms with E-state index in [9.17, 15) is 9.90 Å². The van der Waals surface area contributed by atoms with Gasteiger partial charge in [0.25, 0.3) is 0 Å². The van der Waals surface area contributed by atoms with E-state index >= 15 is 0 Å². The van der Waals surface area contributed by atoms with E-state index in [1.54, 1.807) is 23.5 Å². The van der Waals surface area contributed by atoms with Crippen LogP contribution in [0, 0.1) is 5.92 Å². The van der Waals surface area contributed by atoms with Gasteiger partial charge in [-0.2, -0.15) is 11.3 Å². The number of carboxylic acid groups (broad SMARTS) is 1. The van der Waals surface area contributed by atoms with Crippen molar-refractivity contribution in [2.24, 2.45) is 5.92 Å². The van der Waals surface area contributed by atoms with Gasteiger partial charge >= 0.3 is 5.97 Å². The van der Waals surface area contributed by atoms with Gasteiger partial charge in [-0.25, -0.2) is 4.79 Å². The Labute approximate surface area is 147 Å². The average Bonchev–Trinajstić information content (AvgIpc) is 3.17. The van der Waals surface area contributed by atoms with Crippen LogP contribution in [0.15, 0.2) is 39.5 Å². The Morgan fingerprint density at radius 3 is 2.78 bits per heavy atom. The first-order valence-electron chi connectivity index (χ1n) is 7.45. The van der Waals surface area contributed by atoms with E-state index in [-0.39, 0.29) is 18.1 Å². The number of hydrogen-bond acceptors (Lipinski definition) is 4. The number of aliphatic hydroxyl groups excluding tert-OH is 1. The number of likely N-dealkylation sites (tertiary alicyclic amines) is 1. The number of carbonyl (C=O) groups is 1. The molecule has 1 saturated heterocycles. The third kappa shape index (κ3) is 3.66. The molecule has 1 aliphatic rings. The van der Waals surface area contributed by atoms with E-state index < -0.39 is 5.97 Å². The fraction of sp³-hybridized carbons (Fsp3) is 0.353. The number of aromatic carboxylic acids is 1. The summed E-state index contributed by atoms with van der Waals surface area (Å²) in [5.74, 6) is -0.304. The predicted octanol–water partition coefficient (Wildman–Crippen LogP) is 3.42. The fourth-order valence-corrected chi connectivity index (χ4v) is 4.42. The quantitative estimate of drug-likeness (QED) is 0.813. The van der Waals surface area contributed by atoms with Gasteiger partial charge in [0, 0.05) is 42.5 Å². The number of rotatable bonds is 5. The Kier molecular flexibility index (Phi) is 5.16. The van der Waals surface area contributed by atoms with E-state index in [2.05, 4.69) is 37.7 Å². The maximum atomic E-state index is 11.0. The second kappa shape index (κ2) is 7.13. The Morgan fingerprint density at radius 1 is 1.35 bits per heavy atom. The van der Waals surface area contributed by atoms with Crippen molar-refractivity contribution in [2.45, 2.75) is 12.5 Å². The zero-order valence-corrected chi connectivity index (χ0v) is 14.9. The first-order valence-corrected chi connectivity index (χ1v) is 9.19. The fourth-order valence-electron chi connectivity index (χ4n) is 3.19. The lowest BCUT2D eigenvalue weighted by atomic mass is 9.92. The van der Waals surface area contributed by atoms with Crippen molar-refractivity contribution < 1.29 is 15.0 Å². The molecule has 0 radical (unpaired) electrons. The third-order valence-corrected chi connectivity index (χ3v) is 5.86. The van der Waals surface area contributed by atoms with Gasteiger partial charge in [0.1, 0.15) is 0 Å². The van der Waals surface area contributed by atoms with Crippen LogP contribution in [0.5, 0.6) is 0 Å². The highest BCUT2D eigenvalue weighted by molar-refractivity contribution is 9.10. The minimum atomic E-state index is -0.920. The number of aliphatic hydroxyl groups is 1. The van der Waals surface area contributed by atoms with Crippen molar-refractivity contribution in [2.75, 3.05) is 19.7 Å². The lowest BCUT2D eigenvalue weighted by Crippen LogP contribution is -2.21. The number of nitrogens with zero attached hydrogens (tertiary/aromatic N) is 1. The lowest BCUT2D eigenvalue weighted by Gasteiger charge is -2.17. The van der Waals surface area contributed by atoms with Crippen LogP contribution in [0.2, 0.25) is 0 Å². The largest absolute Gasteiger partial charge is 0.478 e. The summed E-state index contributed by atoms with van der Waals surface area (Å²) in [6, 6.07) is 7.28. The van der Waals surface area contributed by atoms with Crippen LogP contribution in [0.25, 0.3) is 0 Å². The molecule has 2 aromatic rings. The molecule has 0 bridgehead atoms. The Bertz CT molecular complexity index is 689. The topological polar surface area (TPSA) is 60.8 Å². The molecular weight excluding hydrogens is 378 g/mol. The van der Waals surface area contributed by atoms with Crippen LogP contribution in [0.4, 0.5) is 0 Å². The van der Waals surface area contributed by atoms with Crippen LogP contribution < -0.4 is 0 Å². The molecule has 3 rings (SSSR count). The van der Waals surface area contributed by atoms with Crippen LogP contribution in [-0.4, -0.2) is 40.8 Å². The summed E-state index contributed by atoms with van der Waals surface area (Å²) in [5.41, 5.74) is 2.65. The summed E-state index contributed by atoms with van der Waals surface area (Å²) >= 11 is 5.16. The van der Waals surface area contributed by atoms with Gasteiger partial charge in [0.2, 0.25) is 0 Å². The molecule has 0 unspecified atom stereocenters. The zero-order valence-electron chi connectivity index (χ0n) is 12.5. The van der Waals surface area contributed by atoms with Crippen LogP contribution in [0.3, 0.4) is 0 Å². The number of carboxylic acids is 1. The molecule has 1 aromatic carbocycles. The van der Waals surface area contributed by atoms with Gasteiger partial charge in [-0.1, -0.05) is 22.0 Å². The van der Waals surface area contributed by atoms with Gasteiger partial charge in [-0.3, -0.25) is 4.90 Å². The molecule has 1 aliphatic heterocycles. The van der Waals surface area contributed by atoms with Gasteiger partial charge in [0.15, 0.2) is 0 Å². The van der Waals surface area contributed by atoms with E-state index in [0.717, 1.165) is 29.7 Å². The highest BCUT2D eigenvalue weighted by atomic mass is 79.9. The molecule has 23 heavy (non-hydrogen) atoms. The molecule has 1 fully saturated rings. The van der Waals surface area contributed by atoms with E-state index in [4.69, 9.17) is 5.11 Å². The molecule has 4 nitrogen and oxygen atoms in total. The van der Waals surface area contributed by atoms with Crippen LogP contribution >= 0.6 is 27.3 Å². The zero-order chi connectivity index (χ0) is 16.4. The van der Waals surface area contributed by atoms with Crippen LogP contribution in [-0.2, 0) is 6.54 Å². The highest BCUT2D eigenvalue weighted by Gasteiger charge is 2.33. The SMILES string of the molecule is O=C(O)c1ccc(CN2C[C@@H](CO)[C@H](c3ccsc3)C2)c(Br)c1. The maximum Gasteiger partial charge on any atom is 0.335 e. The third-order valence-electron chi connectivity index (χ3n) is 4.42. The molecule has 122 valence electrons. The number of hydrogen-bond donors (Lipinski definition) is 2. The second-order valence-electron chi connectivity index (χ2n) is 5.91. The molecule has 2 N–H and O–H groups in total. The number of halogens is 1. The number of benzene rings is 1. The molecule has 0 amide bonds. The minimum Gasteiger partial charge on any atom is -0.478 e. The first-order chi connectivity index (χ1) is 11.1. The molecule has 0 aliphatic carbocycles. The minimum absolute atomic E-state index is 0.191. The Hall–Kier alpha value is -1.21. The van der Waals surface area contributed by atoms with E-state index in [1.165, 1.54) is 5.56 Å². The summed E-state index contributed by atoms with van der Waals surface area (Å²) in [7, 11) is 0. The molecule has 0 spiro atoms. The smallest absolute Gasteiger partial charge is 0.335 e. The average molecular weight is 396 g/mol. The van der Waals surface area contributed by atoms with Crippen molar-refractivity contribution in [3.05, 3.63) is 56.2 Å². The molecule has 0 saturated carbocycles. The summed E-state index contributed by atoms with van der Waals surface area (Å²) in [5, 5.41) is 22.9. The van der Waals surface area contributed by atoms with E-state index in [0.29, 0.717) is 5.92 Å². The predicted molar refractivity (Wildman–Crippen MR) is 94.0 cm³/mol. The van der Waals surface area contributed by atoms with Crippen molar-refractivity contribution in [3.8, 4) is 0 Å². The van der Waals surface area contributed by atoms with Gasteiger partial charge in [-0.15, -0.1) is 0 Å². The monoisotopic (exact) mass is 395 g/mol. The van der Waals surface area contributed by atoms with E-state index in [1.807, 2.05) is 6.07 Å². The molecule has 2 atom stereocenters. The van der Waals surface area contributed by atoms with Crippen molar-refractivity contribution in [1.82, 2.24) is 4.90 Å². The first kappa shape index (κ1) is 16.6. The van der Waals surface area contributed by atoms with Gasteiger partial charge < -0.3 is 10.2 Å².